The molecule has 0 aliphatic carbocycles. The van der Waals surface area contributed by atoms with Crippen molar-refractivity contribution in [3.8, 4) is 0 Å². The Hall–Kier alpha value is -1.71. The van der Waals surface area contributed by atoms with Crippen LogP contribution in [0.15, 0.2) is 23.1 Å². The number of nitrogen functional groups attached to an aromatic ring is 1. The van der Waals surface area contributed by atoms with Crippen LogP contribution >= 0.6 is 10.2 Å². The molecule has 2 rings (SSSR count). The van der Waals surface area contributed by atoms with Crippen LogP contribution in [0.5, 0.6) is 0 Å². The van der Waals surface area contributed by atoms with Gasteiger partial charge in [0.05, 0.1) is 17.9 Å². The van der Waals surface area contributed by atoms with Gasteiger partial charge in [-0.15, -0.1) is 0 Å². The van der Waals surface area contributed by atoms with E-state index in [4.69, 9.17) is 5.73 Å². The Kier molecular flexibility index (Phi) is 2.71. The Labute approximate surface area is 111 Å². The van der Waals surface area contributed by atoms with Gasteiger partial charge in [-0.05, 0) is 18.2 Å². The Balaban J connectivity index is 2.39. The maximum absolute atomic E-state index is 12.6. The van der Waals surface area contributed by atoms with Gasteiger partial charge in [-0.1, -0.05) is 19.4 Å². The average molecular weight is 317 g/mol. The summed E-state index contributed by atoms with van der Waals surface area (Å²) in [7, 11) is -9.74. The first-order valence-corrected chi connectivity index (χ1v) is 7.47. The molecule has 4 nitrogen and oxygen atoms in total. The summed E-state index contributed by atoms with van der Waals surface area (Å²) < 4.78 is 63.2. The van der Waals surface area contributed by atoms with Gasteiger partial charge in [0.25, 0.3) is 0 Å². The highest BCUT2D eigenvalue weighted by atomic mass is 32.5. The quantitative estimate of drug-likeness (QED) is 0.651. The van der Waals surface area contributed by atoms with E-state index in [1.54, 1.807) is 0 Å². The number of nitrogens with zero attached hydrogens (tertiary/aromatic N) is 1. The van der Waals surface area contributed by atoms with Gasteiger partial charge in [0.2, 0.25) is 5.91 Å². The topological polar surface area (TPSA) is 58.4 Å². The van der Waals surface area contributed by atoms with E-state index in [2.05, 4.69) is 5.32 Å². The van der Waals surface area contributed by atoms with Crippen molar-refractivity contribution in [1.29, 1.82) is 0 Å². The van der Waals surface area contributed by atoms with Crippen LogP contribution in [0.1, 0.15) is 0 Å². The summed E-state index contributed by atoms with van der Waals surface area (Å²) in [6.45, 7) is 0.563. The lowest BCUT2D eigenvalue weighted by atomic mass is 10.2. The fourth-order valence-corrected chi connectivity index (χ4v) is 2.58. The molecule has 1 heterocycles. The molecule has 0 spiro atoms. The highest BCUT2D eigenvalue weighted by Gasteiger charge is 2.65. The zero-order chi connectivity index (χ0) is 15.2. The van der Waals surface area contributed by atoms with Crippen LogP contribution in [0.3, 0.4) is 0 Å². The molecule has 1 fully saturated rings. The van der Waals surface area contributed by atoms with Crippen molar-refractivity contribution in [3.63, 3.8) is 0 Å². The van der Waals surface area contributed by atoms with Crippen molar-refractivity contribution in [1.82, 2.24) is 5.32 Å². The highest BCUT2D eigenvalue weighted by Crippen LogP contribution is 3.02. The molecule has 1 amide bonds. The molecule has 0 unspecified atom stereocenters. The van der Waals surface area contributed by atoms with Gasteiger partial charge in [0, 0.05) is 13.1 Å². The van der Waals surface area contributed by atoms with Crippen molar-refractivity contribution in [2.24, 2.45) is 0 Å². The lowest BCUT2D eigenvalue weighted by Crippen LogP contribution is -2.47. The summed E-state index contributed by atoms with van der Waals surface area (Å²) in [5, 5.41) is 2.53. The molecule has 0 radical (unpaired) electrons. The maximum atomic E-state index is 12.6. The van der Waals surface area contributed by atoms with Crippen molar-refractivity contribution in [2.45, 2.75) is 4.90 Å². The van der Waals surface area contributed by atoms with E-state index >= 15 is 0 Å². The van der Waals surface area contributed by atoms with Crippen molar-refractivity contribution in [3.05, 3.63) is 18.2 Å². The molecule has 1 aliphatic rings. The fraction of sp³-hybridized carbons (Fsp3) is 0.300. The van der Waals surface area contributed by atoms with Crippen LogP contribution in [0.25, 0.3) is 0 Å². The van der Waals surface area contributed by atoms with Crippen molar-refractivity contribution >= 4 is 27.5 Å². The number of carbonyl (C=O) groups excluding carboxylic acids is 1. The minimum absolute atomic E-state index is 0.0834. The van der Waals surface area contributed by atoms with Gasteiger partial charge in [-0.2, -0.15) is 0 Å². The second kappa shape index (κ2) is 3.68. The Morgan fingerprint density at radius 1 is 1.20 bits per heavy atom. The van der Waals surface area contributed by atoms with E-state index in [0.717, 1.165) is 6.07 Å². The predicted octanol–water partition coefficient (Wildman–Crippen LogP) is 2.86. The van der Waals surface area contributed by atoms with E-state index < -0.39 is 20.8 Å². The van der Waals surface area contributed by atoms with Gasteiger partial charge in [0.1, 0.15) is 4.90 Å². The van der Waals surface area contributed by atoms with Gasteiger partial charge >= 0.3 is 10.2 Å². The third kappa shape index (κ3) is 3.06. The monoisotopic (exact) mass is 317 g/mol. The molecule has 20 heavy (non-hydrogen) atoms. The Bertz CT molecular complexity index is 574. The minimum atomic E-state index is -9.74. The molecule has 114 valence electrons. The normalized spacial score (nSPS) is 20.1. The zero-order valence-corrected chi connectivity index (χ0v) is 10.9. The lowest BCUT2D eigenvalue weighted by molar-refractivity contribution is -0.120. The summed E-state index contributed by atoms with van der Waals surface area (Å²) in [5.74, 6) is -0.313. The van der Waals surface area contributed by atoms with Crippen LogP contribution in [0.2, 0.25) is 0 Å². The number of nitrogens with one attached hydrogen (secondary N) is 1. The average Bonchev–Trinajstić information content (AvgIpc) is 2.25. The van der Waals surface area contributed by atoms with Crippen molar-refractivity contribution < 1.29 is 24.2 Å². The molecule has 1 aliphatic heterocycles. The van der Waals surface area contributed by atoms with E-state index in [0.29, 0.717) is 19.2 Å². The molecular formula is C10H12F5N3OS. The molecule has 0 bridgehead atoms. The van der Waals surface area contributed by atoms with Crippen LogP contribution in [-0.2, 0) is 4.79 Å². The molecule has 1 saturated heterocycles. The van der Waals surface area contributed by atoms with E-state index in [1.165, 1.54) is 4.90 Å². The Morgan fingerprint density at radius 3 is 2.35 bits per heavy atom. The standard InChI is InChI=1S/C10H12F5N3OS/c11-20(12,13,14,15)7-1-2-9(8(16)5-7)18-4-3-17-10(19)6-18/h1-2,5H,3-4,6,16H2,(H,17,19). The van der Waals surface area contributed by atoms with Crippen LogP contribution in [-0.4, -0.2) is 25.5 Å². The molecule has 10 heteroatoms. The number of hydrogen-bond donors (Lipinski definition) is 2. The zero-order valence-electron chi connectivity index (χ0n) is 10.1. The minimum Gasteiger partial charge on any atom is -0.397 e. The summed E-state index contributed by atoms with van der Waals surface area (Å²) >= 11 is 0. The first-order chi connectivity index (χ1) is 8.86. The third-order valence-electron chi connectivity index (χ3n) is 2.82. The molecule has 1 aromatic rings. The molecule has 0 atom stereocenters. The largest absolute Gasteiger partial charge is 0.397 e. The summed E-state index contributed by atoms with van der Waals surface area (Å²) in [5.41, 5.74) is 5.11. The first-order valence-electron chi connectivity index (χ1n) is 5.52. The molecule has 1 aromatic carbocycles. The predicted molar refractivity (Wildman–Crippen MR) is 67.5 cm³/mol. The van der Waals surface area contributed by atoms with Gasteiger partial charge in [0.15, 0.2) is 0 Å². The smallest absolute Gasteiger partial charge is 0.310 e. The molecule has 3 N–H and O–H groups in total. The molecular weight excluding hydrogens is 305 g/mol. The number of amides is 1. The second-order valence-corrected chi connectivity index (χ2v) is 6.87. The molecule has 0 saturated carbocycles. The summed E-state index contributed by atoms with van der Waals surface area (Å²) in [6, 6.07) is 1.37. The first kappa shape index (κ1) is 14.7. The van der Waals surface area contributed by atoms with Crippen molar-refractivity contribution in [2.75, 3.05) is 30.3 Å². The summed E-state index contributed by atoms with van der Waals surface area (Å²) in [6.07, 6.45) is 0. The van der Waals surface area contributed by atoms with Gasteiger partial charge in [-0.25, -0.2) is 0 Å². The second-order valence-electron chi connectivity index (χ2n) is 4.46. The number of anilines is 2. The van der Waals surface area contributed by atoms with Gasteiger partial charge < -0.3 is 16.0 Å². The maximum Gasteiger partial charge on any atom is 0.310 e. The highest BCUT2D eigenvalue weighted by molar-refractivity contribution is 8.45. The number of halogens is 5. The van der Waals surface area contributed by atoms with Crippen LogP contribution in [0, 0.1) is 0 Å². The number of carbonyl (C=O) groups is 1. The Morgan fingerprint density at radius 2 is 1.85 bits per heavy atom. The van der Waals surface area contributed by atoms with E-state index in [9.17, 15) is 24.2 Å². The number of nitrogens with two attached hydrogens (primary N) is 1. The van der Waals surface area contributed by atoms with Crippen LogP contribution < -0.4 is 16.0 Å². The fourth-order valence-electron chi connectivity index (χ4n) is 1.90. The lowest BCUT2D eigenvalue weighted by Gasteiger charge is -2.41. The van der Waals surface area contributed by atoms with Gasteiger partial charge in [-0.3, -0.25) is 4.79 Å². The number of hydrogen-bond acceptors (Lipinski definition) is 3. The number of piperazine rings is 1. The van der Waals surface area contributed by atoms with E-state index in [1.807, 2.05) is 0 Å². The third-order valence-corrected chi connectivity index (χ3v) is 3.97. The van der Waals surface area contributed by atoms with Crippen LogP contribution in [0.4, 0.5) is 30.8 Å². The SMILES string of the molecule is Nc1cc(S(F)(F)(F)(F)F)ccc1N1CCNC(=O)C1. The number of rotatable bonds is 2. The molecule has 0 aromatic heterocycles. The summed E-state index contributed by atoms with van der Waals surface area (Å²) in [4.78, 5) is 10.6. The van der Waals surface area contributed by atoms with E-state index in [-0.39, 0.29) is 24.2 Å². The number of benzene rings is 1.